The Hall–Kier alpha value is -4.66. The number of nitro groups is 1. The number of Topliss-reactive ketones (excluding diaryl/α,β-unsaturated/α-hetero) is 1. The Balaban J connectivity index is 1.81. The summed E-state index contributed by atoms with van der Waals surface area (Å²) in [5, 5.41) is 22.4. The summed E-state index contributed by atoms with van der Waals surface area (Å²) in [4.78, 5) is 38.4. The number of aliphatic hydroxyl groups is 1. The Morgan fingerprint density at radius 2 is 1.69 bits per heavy atom. The van der Waals surface area contributed by atoms with E-state index in [1.54, 1.807) is 48.5 Å². The highest BCUT2D eigenvalue weighted by molar-refractivity contribution is 6.46. The number of nitrogens with zero attached hydrogens (tertiary/aromatic N) is 2. The van der Waals surface area contributed by atoms with Crippen molar-refractivity contribution in [3.8, 4) is 11.5 Å². The number of benzene rings is 3. The van der Waals surface area contributed by atoms with Crippen LogP contribution in [0.15, 0.2) is 78.4 Å². The van der Waals surface area contributed by atoms with Crippen LogP contribution in [0, 0.1) is 10.1 Å². The topological polar surface area (TPSA) is 119 Å². The van der Waals surface area contributed by atoms with Crippen LogP contribution in [0.2, 0.25) is 0 Å². The molecule has 1 amide bonds. The van der Waals surface area contributed by atoms with Gasteiger partial charge in [0, 0.05) is 24.2 Å². The predicted octanol–water partition coefficient (Wildman–Crippen LogP) is 4.62. The number of ketones is 1. The van der Waals surface area contributed by atoms with E-state index in [4.69, 9.17) is 9.47 Å². The van der Waals surface area contributed by atoms with Gasteiger partial charge in [-0.1, -0.05) is 36.4 Å². The summed E-state index contributed by atoms with van der Waals surface area (Å²) in [5.41, 5.74) is 1.02. The minimum absolute atomic E-state index is 0.0711. The van der Waals surface area contributed by atoms with E-state index in [9.17, 15) is 24.8 Å². The third-order valence-electron chi connectivity index (χ3n) is 5.89. The zero-order chi connectivity index (χ0) is 25.8. The van der Waals surface area contributed by atoms with E-state index in [1.165, 1.54) is 36.3 Å². The smallest absolute Gasteiger partial charge is 0.295 e. The molecule has 1 saturated heterocycles. The average Bonchev–Trinajstić information content (AvgIpc) is 3.14. The summed E-state index contributed by atoms with van der Waals surface area (Å²) in [5.74, 6) is -0.865. The fourth-order valence-electron chi connectivity index (χ4n) is 4.15. The second-order valence-electron chi connectivity index (χ2n) is 8.08. The normalized spacial score (nSPS) is 16.7. The standard InChI is InChI=1S/C27H24N2O7/c1-3-36-22-11-7-17(8-12-22)16-28-24(18-9-13-21(35-2)14-10-18)23(26(31)27(28)32)25(30)19-5-4-6-20(15-19)29(33)34/h4-15,24,30H,3,16H2,1-2H3/b25-23-. The quantitative estimate of drug-likeness (QED) is 0.161. The zero-order valence-electron chi connectivity index (χ0n) is 19.7. The Morgan fingerprint density at radius 3 is 2.31 bits per heavy atom. The number of non-ortho nitro benzene ring substituents is 1. The molecular weight excluding hydrogens is 464 g/mol. The lowest BCUT2D eigenvalue weighted by atomic mass is 9.95. The first-order valence-corrected chi connectivity index (χ1v) is 11.2. The van der Waals surface area contributed by atoms with E-state index < -0.39 is 28.4 Å². The highest BCUT2D eigenvalue weighted by atomic mass is 16.6. The van der Waals surface area contributed by atoms with Crippen LogP contribution in [0.25, 0.3) is 5.76 Å². The van der Waals surface area contributed by atoms with Crippen LogP contribution in [-0.2, 0) is 16.1 Å². The summed E-state index contributed by atoms with van der Waals surface area (Å²) in [6.45, 7) is 2.49. The van der Waals surface area contributed by atoms with Crippen molar-refractivity contribution in [2.75, 3.05) is 13.7 Å². The van der Waals surface area contributed by atoms with Crippen molar-refractivity contribution in [1.82, 2.24) is 4.90 Å². The molecule has 9 heteroatoms. The van der Waals surface area contributed by atoms with Crippen molar-refractivity contribution >= 4 is 23.1 Å². The second-order valence-corrected chi connectivity index (χ2v) is 8.08. The number of rotatable bonds is 8. The second kappa shape index (κ2) is 10.3. The molecule has 4 rings (SSSR count). The third kappa shape index (κ3) is 4.76. The monoisotopic (exact) mass is 488 g/mol. The van der Waals surface area contributed by atoms with Gasteiger partial charge in [0.15, 0.2) is 0 Å². The van der Waals surface area contributed by atoms with Crippen molar-refractivity contribution in [2.45, 2.75) is 19.5 Å². The van der Waals surface area contributed by atoms with Gasteiger partial charge in [-0.25, -0.2) is 0 Å². The van der Waals surface area contributed by atoms with E-state index >= 15 is 0 Å². The Morgan fingerprint density at radius 1 is 1.03 bits per heavy atom. The fraction of sp³-hybridized carbons (Fsp3) is 0.185. The molecule has 0 radical (unpaired) electrons. The first kappa shape index (κ1) is 24.5. The number of aliphatic hydroxyl groups excluding tert-OH is 1. The number of ether oxygens (including phenoxy) is 2. The first-order chi connectivity index (χ1) is 17.3. The maximum Gasteiger partial charge on any atom is 0.295 e. The number of likely N-dealkylation sites (tertiary alicyclic amines) is 1. The minimum Gasteiger partial charge on any atom is -0.507 e. The molecule has 1 aliphatic rings. The van der Waals surface area contributed by atoms with Gasteiger partial charge < -0.3 is 19.5 Å². The van der Waals surface area contributed by atoms with E-state index in [1.807, 2.05) is 6.92 Å². The number of hydrogen-bond acceptors (Lipinski definition) is 7. The van der Waals surface area contributed by atoms with Gasteiger partial charge in [-0.15, -0.1) is 0 Å². The lowest BCUT2D eigenvalue weighted by Crippen LogP contribution is -2.29. The molecule has 3 aromatic rings. The summed E-state index contributed by atoms with van der Waals surface area (Å²) < 4.78 is 10.7. The number of carbonyl (C=O) groups is 2. The number of carbonyl (C=O) groups excluding carboxylic acids is 2. The van der Waals surface area contributed by atoms with Crippen LogP contribution >= 0.6 is 0 Å². The zero-order valence-corrected chi connectivity index (χ0v) is 19.7. The molecule has 9 nitrogen and oxygen atoms in total. The van der Waals surface area contributed by atoms with Crippen molar-refractivity contribution in [3.63, 3.8) is 0 Å². The molecule has 0 spiro atoms. The number of nitro benzene ring substituents is 1. The molecule has 1 unspecified atom stereocenters. The van der Waals surface area contributed by atoms with Gasteiger partial charge in [0.1, 0.15) is 17.3 Å². The van der Waals surface area contributed by atoms with Gasteiger partial charge >= 0.3 is 0 Å². The molecule has 36 heavy (non-hydrogen) atoms. The summed E-state index contributed by atoms with van der Waals surface area (Å²) >= 11 is 0. The Labute approximate surface area is 207 Å². The minimum atomic E-state index is -0.915. The predicted molar refractivity (Wildman–Crippen MR) is 132 cm³/mol. The molecule has 0 saturated carbocycles. The van der Waals surface area contributed by atoms with E-state index in [0.29, 0.717) is 23.7 Å². The van der Waals surface area contributed by atoms with Gasteiger partial charge in [0.2, 0.25) is 0 Å². The number of hydrogen-bond donors (Lipinski definition) is 1. The lowest BCUT2D eigenvalue weighted by Gasteiger charge is -2.25. The lowest BCUT2D eigenvalue weighted by molar-refractivity contribution is -0.384. The average molecular weight is 488 g/mol. The summed E-state index contributed by atoms with van der Waals surface area (Å²) in [7, 11) is 1.52. The Kier molecular flexibility index (Phi) is 7.00. The Bertz CT molecular complexity index is 1330. The highest BCUT2D eigenvalue weighted by Gasteiger charge is 2.46. The number of methoxy groups -OCH3 is 1. The molecule has 1 aliphatic heterocycles. The van der Waals surface area contributed by atoms with Gasteiger partial charge in [-0.3, -0.25) is 19.7 Å². The largest absolute Gasteiger partial charge is 0.507 e. The molecule has 1 heterocycles. The van der Waals surface area contributed by atoms with Crippen LogP contribution < -0.4 is 9.47 Å². The molecular formula is C27H24N2O7. The summed E-state index contributed by atoms with van der Waals surface area (Å²) in [6.07, 6.45) is 0. The van der Waals surface area contributed by atoms with Crippen molar-refractivity contribution in [1.29, 1.82) is 0 Å². The molecule has 0 aromatic heterocycles. The van der Waals surface area contributed by atoms with Crippen LogP contribution in [0.4, 0.5) is 5.69 Å². The molecule has 1 atom stereocenters. The van der Waals surface area contributed by atoms with Crippen LogP contribution in [0.1, 0.15) is 29.7 Å². The highest BCUT2D eigenvalue weighted by Crippen LogP contribution is 2.41. The van der Waals surface area contributed by atoms with Gasteiger partial charge in [-0.05, 0) is 42.3 Å². The molecule has 0 bridgehead atoms. The van der Waals surface area contributed by atoms with Crippen LogP contribution in [0.3, 0.4) is 0 Å². The van der Waals surface area contributed by atoms with E-state index in [2.05, 4.69) is 0 Å². The molecule has 3 aromatic carbocycles. The maximum absolute atomic E-state index is 13.2. The van der Waals surface area contributed by atoms with Crippen molar-refractivity contribution < 1.29 is 29.1 Å². The summed E-state index contributed by atoms with van der Waals surface area (Å²) in [6, 6.07) is 18.4. The molecule has 184 valence electrons. The fourth-order valence-corrected chi connectivity index (χ4v) is 4.15. The van der Waals surface area contributed by atoms with Crippen LogP contribution in [-0.4, -0.2) is 40.3 Å². The van der Waals surface area contributed by atoms with Crippen molar-refractivity contribution in [3.05, 3.63) is 105 Å². The molecule has 0 aliphatic carbocycles. The first-order valence-electron chi connectivity index (χ1n) is 11.2. The molecule has 1 fully saturated rings. The SMILES string of the molecule is CCOc1ccc(CN2C(=O)C(=O)/C(=C(\O)c3cccc([N+](=O)[O-])c3)C2c2ccc(OC)cc2)cc1. The molecule has 1 N–H and O–H groups in total. The van der Waals surface area contributed by atoms with E-state index in [0.717, 1.165) is 5.56 Å². The van der Waals surface area contributed by atoms with Crippen LogP contribution in [0.5, 0.6) is 11.5 Å². The van der Waals surface area contributed by atoms with Crippen molar-refractivity contribution in [2.24, 2.45) is 0 Å². The third-order valence-corrected chi connectivity index (χ3v) is 5.89. The van der Waals surface area contributed by atoms with E-state index in [-0.39, 0.29) is 23.4 Å². The number of amides is 1. The maximum atomic E-state index is 13.2. The van der Waals surface area contributed by atoms with Gasteiger partial charge in [0.25, 0.3) is 17.4 Å². The van der Waals surface area contributed by atoms with Gasteiger partial charge in [-0.2, -0.15) is 0 Å². The van der Waals surface area contributed by atoms with Gasteiger partial charge in [0.05, 0.1) is 30.3 Å².